The quantitative estimate of drug-likeness (QED) is 0.929. The number of benzene rings is 1. The van der Waals surface area contributed by atoms with Crippen LogP contribution in [0.2, 0.25) is 0 Å². The van der Waals surface area contributed by atoms with Crippen LogP contribution in [0.4, 0.5) is 0 Å². The van der Waals surface area contributed by atoms with Crippen LogP contribution in [-0.2, 0) is 0 Å². The van der Waals surface area contributed by atoms with Gasteiger partial charge in [-0.05, 0) is 43.4 Å². The molecule has 1 aromatic heterocycles. The fourth-order valence-corrected chi connectivity index (χ4v) is 2.78. The van der Waals surface area contributed by atoms with Crippen molar-refractivity contribution in [3.63, 3.8) is 0 Å². The van der Waals surface area contributed by atoms with Crippen molar-refractivity contribution < 1.29 is 14.4 Å². The molecule has 5 nitrogen and oxygen atoms in total. The van der Waals surface area contributed by atoms with Crippen LogP contribution in [0.1, 0.15) is 37.9 Å². The molecule has 0 saturated heterocycles. The lowest BCUT2D eigenvalue weighted by molar-refractivity contribution is 0.373. The number of methoxy groups -OCH3 is 1. The monoisotopic (exact) mass is 274 g/mol. The Hall–Kier alpha value is -2.04. The van der Waals surface area contributed by atoms with Gasteiger partial charge in [0.15, 0.2) is 17.3 Å². The third kappa shape index (κ3) is 2.35. The van der Waals surface area contributed by atoms with Crippen molar-refractivity contribution in [2.45, 2.75) is 32.1 Å². The van der Waals surface area contributed by atoms with E-state index in [2.05, 4.69) is 17.1 Å². The maximum absolute atomic E-state index is 9.79. The van der Waals surface area contributed by atoms with Crippen LogP contribution in [0.5, 0.6) is 11.5 Å². The number of nitrogens with zero attached hydrogens (tertiary/aromatic N) is 2. The first-order chi connectivity index (χ1) is 9.67. The van der Waals surface area contributed by atoms with E-state index in [0.29, 0.717) is 23.1 Å². The number of aromatic nitrogens is 2. The standard InChI is InChI=1S/C15H18N2O3/c1-9-3-4-10(7-9)14-16-15(20-17-14)11-5-6-13(19-2)12(18)8-11/h5-6,8-10,18H,3-4,7H2,1-2H3. The Morgan fingerprint density at radius 1 is 1.35 bits per heavy atom. The molecule has 0 radical (unpaired) electrons. The molecular weight excluding hydrogens is 256 g/mol. The van der Waals surface area contributed by atoms with Crippen LogP contribution in [-0.4, -0.2) is 22.4 Å². The van der Waals surface area contributed by atoms with Gasteiger partial charge in [0.2, 0.25) is 0 Å². The predicted octanol–water partition coefficient (Wildman–Crippen LogP) is 3.35. The molecule has 1 aromatic carbocycles. The first-order valence-corrected chi connectivity index (χ1v) is 6.88. The molecule has 106 valence electrons. The topological polar surface area (TPSA) is 68.4 Å². The Morgan fingerprint density at radius 3 is 2.85 bits per heavy atom. The van der Waals surface area contributed by atoms with Gasteiger partial charge in [0.05, 0.1) is 7.11 Å². The summed E-state index contributed by atoms with van der Waals surface area (Å²) >= 11 is 0. The molecule has 1 saturated carbocycles. The molecule has 2 aromatic rings. The molecular formula is C15H18N2O3. The van der Waals surface area contributed by atoms with E-state index in [1.807, 2.05) is 0 Å². The molecule has 5 heteroatoms. The molecule has 0 aliphatic heterocycles. The van der Waals surface area contributed by atoms with Crippen LogP contribution >= 0.6 is 0 Å². The van der Waals surface area contributed by atoms with Crippen LogP contribution in [0, 0.1) is 5.92 Å². The van der Waals surface area contributed by atoms with Gasteiger partial charge in [0.25, 0.3) is 5.89 Å². The van der Waals surface area contributed by atoms with Gasteiger partial charge in [0, 0.05) is 11.5 Å². The van der Waals surface area contributed by atoms with Gasteiger partial charge in [-0.3, -0.25) is 0 Å². The van der Waals surface area contributed by atoms with E-state index in [1.165, 1.54) is 13.5 Å². The Balaban J connectivity index is 1.84. The van der Waals surface area contributed by atoms with Crippen molar-refractivity contribution in [3.05, 3.63) is 24.0 Å². The molecule has 0 bridgehead atoms. The summed E-state index contributed by atoms with van der Waals surface area (Å²) in [5.41, 5.74) is 0.702. The lowest BCUT2D eigenvalue weighted by Gasteiger charge is -2.03. The lowest BCUT2D eigenvalue weighted by Crippen LogP contribution is -1.96. The summed E-state index contributed by atoms with van der Waals surface area (Å²) in [5, 5.41) is 13.9. The largest absolute Gasteiger partial charge is 0.504 e. The minimum absolute atomic E-state index is 0.0687. The summed E-state index contributed by atoms with van der Waals surface area (Å²) in [6, 6.07) is 5.06. The zero-order chi connectivity index (χ0) is 14.1. The molecule has 1 aliphatic carbocycles. The number of hydrogen-bond acceptors (Lipinski definition) is 5. The molecule has 0 spiro atoms. The van der Waals surface area contributed by atoms with Crippen LogP contribution in [0.15, 0.2) is 22.7 Å². The van der Waals surface area contributed by atoms with E-state index in [9.17, 15) is 5.11 Å². The summed E-state index contributed by atoms with van der Waals surface area (Å²) in [5.74, 6) is 2.84. The van der Waals surface area contributed by atoms with Gasteiger partial charge in [-0.25, -0.2) is 0 Å². The Bertz CT molecular complexity index is 609. The van der Waals surface area contributed by atoms with E-state index >= 15 is 0 Å². The lowest BCUT2D eigenvalue weighted by atomic mass is 10.1. The SMILES string of the molecule is COc1ccc(-c2nc(C3CCC(C)C3)no2)cc1O. The highest BCUT2D eigenvalue weighted by Gasteiger charge is 2.27. The Morgan fingerprint density at radius 2 is 2.20 bits per heavy atom. The molecule has 1 heterocycles. The van der Waals surface area contributed by atoms with Crippen LogP contribution in [0.3, 0.4) is 0 Å². The van der Waals surface area contributed by atoms with Crippen LogP contribution in [0.25, 0.3) is 11.5 Å². The maximum atomic E-state index is 9.79. The van der Waals surface area contributed by atoms with Crippen molar-refractivity contribution in [1.29, 1.82) is 0 Å². The summed E-state index contributed by atoms with van der Waals surface area (Å²) in [6.07, 6.45) is 3.46. The van der Waals surface area contributed by atoms with Gasteiger partial charge >= 0.3 is 0 Å². The fourth-order valence-electron chi connectivity index (χ4n) is 2.78. The van der Waals surface area contributed by atoms with Crippen LogP contribution < -0.4 is 4.74 Å². The van der Waals surface area contributed by atoms with Crippen molar-refractivity contribution >= 4 is 0 Å². The second-order valence-corrected chi connectivity index (χ2v) is 5.46. The van der Waals surface area contributed by atoms with Gasteiger partial charge in [0.1, 0.15) is 0 Å². The van der Waals surface area contributed by atoms with E-state index in [4.69, 9.17) is 9.26 Å². The van der Waals surface area contributed by atoms with Crippen molar-refractivity contribution in [3.8, 4) is 23.0 Å². The van der Waals surface area contributed by atoms with Gasteiger partial charge < -0.3 is 14.4 Å². The van der Waals surface area contributed by atoms with E-state index in [0.717, 1.165) is 24.6 Å². The molecule has 1 fully saturated rings. The molecule has 0 amide bonds. The molecule has 20 heavy (non-hydrogen) atoms. The van der Waals surface area contributed by atoms with E-state index in [-0.39, 0.29) is 5.75 Å². The molecule has 1 N–H and O–H groups in total. The maximum Gasteiger partial charge on any atom is 0.258 e. The van der Waals surface area contributed by atoms with Gasteiger partial charge in [-0.15, -0.1) is 0 Å². The summed E-state index contributed by atoms with van der Waals surface area (Å²) in [7, 11) is 1.51. The van der Waals surface area contributed by atoms with Crippen molar-refractivity contribution in [2.24, 2.45) is 5.92 Å². The fraction of sp³-hybridized carbons (Fsp3) is 0.467. The highest BCUT2D eigenvalue weighted by molar-refractivity contribution is 5.59. The number of phenolic OH excluding ortho intramolecular Hbond substituents is 1. The number of ether oxygens (including phenoxy) is 1. The summed E-state index contributed by atoms with van der Waals surface area (Å²) in [6.45, 7) is 2.25. The van der Waals surface area contributed by atoms with Crippen molar-refractivity contribution in [2.75, 3.05) is 7.11 Å². The van der Waals surface area contributed by atoms with E-state index in [1.54, 1.807) is 18.2 Å². The second kappa shape index (κ2) is 5.15. The van der Waals surface area contributed by atoms with Gasteiger partial charge in [-0.2, -0.15) is 4.98 Å². The summed E-state index contributed by atoms with van der Waals surface area (Å²) < 4.78 is 10.3. The second-order valence-electron chi connectivity index (χ2n) is 5.46. The predicted molar refractivity (Wildman–Crippen MR) is 73.7 cm³/mol. The number of hydrogen-bond donors (Lipinski definition) is 1. The average Bonchev–Trinajstić information content (AvgIpc) is 3.07. The smallest absolute Gasteiger partial charge is 0.258 e. The minimum atomic E-state index is 0.0687. The van der Waals surface area contributed by atoms with E-state index < -0.39 is 0 Å². The first-order valence-electron chi connectivity index (χ1n) is 6.88. The first kappa shape index (κ1) is 13.0. The molecule has 2 atom stereocenters. The third-order valence-corrected chi connectivity index (χ3v) is 3.93. The normalized spacial score (nSPS) is 22.1. The molecule has 3 rings (SSSR count). The molecule has 1 aliphatic rings. The average molecular weight is 274 g/mol. The summed E-state index contributed by atoms with van der Waals surface area (Å²) in [4.78, 5) is 4.46. The van der Waals surface area contributed by atoms with Gasteiger partial charge in [-0.1, -0.05) is 12.1 Å². The minimum Gasteiger partial charge on any atom is -0.504 e. The Labute approximate surface area is 117 Å². The highest BCUT2D eigenvalue weighted by Crippen LogP contribution is 2.37. The zero-order valence-corrected chi connectivity index (χ0v) is 11.7. The zero-order valence-electron chi connectivity index (χ0n) is 11.7. The van der Waals surface area contributed by atoms with Crippen molar-refractivity contribution in [1.82, 2.24) is 10.1 Å². The third-order valence-electron chi connectivity index (χ3n) is 3.93. The number of aromatic hydroxyl groups is 1. The highest BCUT2D eigenvalue weighted by atomic mass is 16.5. The Kier molecular flexibility index (Phi) is 3.34. The molecule has 2 unspecified atom stereocenters. The number of phenols is 1. The number of rotatable bonds is 3.